The van der Waals surface area contributed by atoms with E-state index in [1.54, 1.807) is 6.07 Å². The lowest BCUT2D eigenvalue weighted by atomic mass is 9.93. The molecule has 1 unspecified atom stereocenters. The van der Waals surface area contributed by atoms with E-state index in [0.29, 0.717) is 17.1 Å². The smallest absolute Gasteiger partial charge is 0.324 e. The molecule has 22 heavy (non-hydrogen) atoms. The number of carbonyl (C=O) groups excluding carboxylic acids is 1. The van der Waals surface area contributed by atoms with Gasteiger partial charge in [-0.05, 0) is 47.4 Å². The fourth-order valence-electron chi connectivity index (χ4n) is 2.68. The van der Waals surface area contributed by atoms with E-state index in [9.17, 15) is 4.79 Å². The van der Waals surface area contributed by atoms with E-state index in [0.717, 1.165) is 21.6 Å². The van der Waals surface area contributed by atoms with Crippen LogP contribution in [0.1, 0.15) is 5.56 Å². The number of benzene rings is 2. The number of hydrogen-bond acceptors (Lipinski definition) is 3. The molecule has 0 spiro atoms. The van der Waals surface area contributed by atoms with E-state index < -0.39 is 12.1 Å². The Hall–Kier alpha value is -2.37. The summed E-state index contributed by atoms with van der Waals surface area (Å²) in [7, 11) is 0. The van der Waals surface area contributed by atoms with Crippen molar-refractivity contribution in [1.82, 2.24) is 0 Å². The van der Waals surface area contributed by atoms with Gasteiger partial charge in [-0.15, -0.1) is 0 Å². The van der Waals surface area contributed by atoms with E-state index >= 15 is 0 Å². The molecule has 5 N–H and O–H groups in total. The standard InChI is InChI=1S/C16H15ClN4O/c17-12-3-1-2-9(7-12)10-4-5-14-11(6-10)8-13(18)15(19)21(14)16(20)22/h1-7,13,19H,8,18H2,(H2,20,22). The van der Waals surface area contributed by atoms with Crippen molar-refractivity contribution in [3.05, 3.63) is 53.1 Å². The number of amides is 2. The molecule has 0 fully saturated rings. The number of nitrogens with two attached hydrogens (primary N) is 2. The van der Waals surface area contributed by atoms with Crippen molar-refractivity contribution in [3.8, 4) is 11.1 Å². The quantitative estimate of drug-likeness (QED) is 0.754. The van der Waals surface area contributed by atoms with Crippen molar-refractivity contribution in [2.24, 2.45) is 11.5 Å². The van der Waals surface area contributed by atoms with Crippen LogP contribution in [0.15, 0.2) is 42.5 Å². The van der Waals surface area contributed by atoms with Crippen molar-refractivity contribution in [2.75, 3.05) is 4.90 Å². The minimum Gasteiger partial charge on any atom is -0.351 e. The molecule has 0 aromatic heterocycles. The molecule has 0 bridgehead atoms. The predicted molar refractivity (Wildman–Crippen MR) is 88.4 cm³/mol. The highest BCUT2D eigenvalue weighted by Gasteiger charge is 2.30. The molecule has 0 saturated heterocycles. The summed E-state index contributed by atoms with van der Waals surface area (Å²) in [5.41, 5.74) is 14.8. The second-order valence-corrected chi connectivity index (χ2v) is 5.66. The van der Waals surface area contributed by atoms with Crippen LogP contribution in [0.25, 0.3) is 11.1 Å². The Bertz CT molecular complexity index is 774. The Kier molecular flexibility index (Phi) is 3.60. The van der Waals surface area contributed by atoms with Crippen LogP contribution in [0.2, 0.25) is 5.02 Å². The van der Waals surface area contributed by atoms with E-state index in [1.165, 1.54) is 0 Å². The first-order chi connectivity index (χ1) is 10.5. The van der Waals surface area contributed by atoms with E-state index in [4.69, 9.17) is 28.5 Å². The molecule has 5 nitrogen and oxygen atoms in total. The van der Waals surface area contributed by atoms with Crippen LogP contribution in [-0.2, 0) is 6.42 Å². The molecule has 6 heteroatoms. The zero-order valence-electron chi connectivity index (χ0n) is 11.7. The topological polar surface area (TPSA) is 96.2 Å². The third-order valence-electron chi connectivity index (χ3n) is 3.73. The van der Waals surface area contributed by atoms with Crippen LogP contribution in [-0.4, -0.2) is 17.9 Å². The Balaban J connectivity index is 2.09. The van der Waals surface area contributed by atoms with Crippen molar-refractivity contribution in [1.29, 1.82) is 5.41 Å². The van der Waals surface area contributed by atoms with Crippen molar-refractivity contribution in [3.63, 3.8) is 0 Å². The number of amidine groups is 1. The SMILES string of the molecule is N=C1C(N)Cc2cc(-c3cccc(Cl)c3)ccc2N1C(N)=O. The molecule has 1 atom stereocenters. The maximum Gasteiger partial charge on any atom is 0.324 e. The second-order valence-electron chi connectivity index (χ2n) is 5.22. The molecule has 0 aliphatic carbocycles. The molecule has 2 amide bonds. The van der Waals surface area contributed by atoms with Crippen molar-refractivity contribution < 1.29 is 4.79 Å². The highest BCUT2D eigenvalue weighted by atomic mass is 35.5. The fourth-order valence-corrected chi connectivity index (χ4v) is 2.87. The third kappa shape index (κ3) is 2.45. The van der Waals surface area contributed by atoms with Gasteiger partial charge in [0.05, 0.1) is 11.7 Å². The summed E-state index contributed by atoms with van der Waals surface area (Å²) < 4.78 is 0. The zero-order chi connectivity index (χ0) is 15.9. The Morgan fingerprint density at radius 2 is 1.95 bits per heavy atom. The van der Waals surface area contributed by atoms with Crippen LogP contribution in [0, 0.1) is 5.41 Å². The van der Waals surface area contributed by atoms with E-state index in [1.807, 2.05) is 36.4 Å². The first-order valence-corrected chi connectivity index (χ1v) is 7.17. The number of halogens is 1. The fraction of sp³-hybridized carbons (Fsp3) is 0.125. The number of rotatable bonds is 1. The number of nitrogens with one attached hydrogen (secondary N) is 1. The summed E-state index contributed by atoms with van der Waals surface area (Å²) in [5, 5.41) is 8.60. The lowest BCUT2D eigenvalue weighted by molar-refractivity contribution is 0.256. The molecule has 3 rings (SSSR count). The monoisotopic (exact) mass is 314 g/mol. The average Bonchev–Trinajstić information content (AvgIpc) is 2.47. The second kappa shape index (κ2) is 5.44. The molecule has 112 valence electrons. The minimum absolute atomic E-state index is 0.0236. The van der Waals surface area contributed by atoms with Gasteiger partial charge < -0.3 is 11.5 Å². The van der Waals surface area contributed by atoms with Gasteiger partial charge in [0.1, 0.15) is 5.84 Å². The van der Waals surface area contributed by atoms with E-state index in [-0.39, 0.29) is 5.84 Å². The molecule has 1 aliphatic rings. The molecule has 0 saturated carbocycles. The van der Waals surface area contributed by atoms with Crippen LogP contribution < -0.4 is 16.4 Å². The molecular weight excluding hydrogens is 300 g/mol. The maximum absolute atomic E-state index is 11.6. The van der Waals surface area contributed by atoms with Crippen molar-refractivity contribution in [2.45, 2.75) is 12.5 Å². The lowest BCUT2D eigenvalue weighted by Gasteiger charge is -2.32. The van der Waals surface area contributed by atoms with Gasteiger partial charge >= 0.3 is 6.03 Å². The van der Waals surface area contributed by atoms with Gasteiger partial charge in [0, 0.05) is 5.02 Å². The summed E-state index contributed by atoms with van der Waals surface area (Å²) in [6.45, 7) is 0. The van der Waals surface area contributed by atoms with Gasteiger partial charge in [0.2, 0.25) is 0 Å². The number of anilines is 1. The Labute approximate surface area is 133 Å². The van der Waals surface area contributed by atoms with E-state index in [2.05, 4.69) is 0 Å². The normalized spacial score (nSPS) is 17.3. The zero-order valence-corrected chi connectivity index (χ0v) is 12.5. The van der Waals surface area contributed by atoms with Gasteiger partial charge in [0.25, 0.3) is 0 Å². The lowest BCUT2D eigenvalue weighted by Crippen LogP contribution is -2.52. The van der Waals surface area contributed by atoms with Gasteiger partial charge in [-0.3, -0.25) is 5.41 Å². The number of urea groups is 1. The number of primary amides is 1. The largest absolute Gasteiger partial charge is 0.351 e. The summed E-state index contributed by atoms with van der Waals surface area (Å²) in [6.07, 6.45) is 0.492. The number of nitrogens with zero attached hydrogens (tertiary/aromatic N) is 1. The first-order valence-electron chi connectivity index (χ1n) is 6.80. The summed E-state index contributed by atoms with van der Waals surface area (Å²) in [4.78, 5) is 12.8. The summed E-state index contributed by atoms with van der Waals surface area (Å²) in [5.74, 6) is 0.0236. The molecular formula is C16H15ClN4O. The van der Waals surface area contributed by atoms with Crippen LogP contribution >= 0.6 is 11.6 Å². The maximum atomic E-state index is 11.6. The molecule has 2 aromatic carbocycles. The number of fused-ring (bicyclic) bond motifs is 1. The number of hydrogen-bond donors (Lipinski definition) is 3. The van der Waals surface area contributed by atoms with Crippen LogP contribution in [0.4, 0.5) is 10.5 Å². The average molecular weight is 315 g/mol. The minimum atomic E-state index is -0.697. The van der Waals surface area contributed by atoms with Crippen LogP contribution in [0.3, 0.4) is 0 Å². The molecule has 1 aliphatic heterocycles. The Morgan fingerprint density at radius 1 is 1.23 bits per heavy atom. The highest BCUT2D eigenvalue weighted by molar-refractivity contribution is 6.30. The molecule has 0 radical (unpaired) electrons. The molecule has 2 aromatic rings. The van der Waals surface area contributed by atoms with Gasteiger partial charge in [-0.25, -0.2) is 9.69 Å². The molecule has 1 heterocycles. The van der Waals surface area contributed by atoms with Gasteiger partial charge in [-0.2, -0.15) is 0 Å². The van der Waals surface area contributed by atoms with Crippen molar-refractivity contribution >= 4 is 29.2 Å². The first kappa shape index (κ1) is 14.6. The summed E-state index contributed by atoms with van der Waals surface area (Å²) in [6, 6.07) is 11.9. The third-order valence-corrected chi connectivity index (χ3v) is 3.97. The highest BCUT2D eigenvalue weighted by Crippen LogP contribution is 2.32. The van der Waals surface area contributed by atoms with Gasteiger partial charge in [-0.1, -0.05) is 29.8 Å². The van der Waals surface area contributed by atoms with Crippen LogP contribution in [0.5, 0.6) is 0 Å². The predicted octanol–water partition coefficient (Wildman–Crippen LogP) is 2.75. The summed E-state index contributed by atoms with van der Waals surface area (Å²) >= 11 is 6.03. The Morgan fingerprint density at radius 3 is 2.64 bits per heavy atom. The van der Waals surface area contributed by atoms with Gasteiger partial charge in [0.15, 0.2) is 0 Å². The number of carbonyl (C=O) groups is 1.